The van der Waals surface area contributed by atoms with Gasteiger partial charge in [-0.1, -0.05) is 13.0 Å². The van der Waals surface area contributed by atoms with E-state index in [0.717, 1.165) is 10.6 Å². The largest absolute Gasteiger partial charge is 0.373 e. The van der Waals surface area contributed by atoms with Crippen molar-refractivity contribution in [3.05, 3.63) is 23.8 Å². The summed E-state index contributed by atoms with van der Waals surface area (Å²) in [5.74, 6) is 0.818. The summed E-state index contributed by atoms with van der Waals surface area (Å²) in [5, 5.41) is 15.4. The molecule has 1 amide bonds. The zero-order valence-corrected chi connectivity index (χ0v) is 14.1. The first kappa shape index (κ1) is 17.4. The molecule has 0 fully saturated rings. The summed E-state index contributed by atoms with van der Waals surface area (Å²) in [6, 6.07) is 7.48. The molecule has 0 spiro atoms. The van der Waals surface area contributed by atoms with Crippen LogP contribution in [-0.4, -0.2) is 23.2 Å². The third-order valence-electron chi connectivity index (χ3n) is 2.70. The van der Waals surface area contributed by atoms with Crippen molar-refractivity contribution in [2.75, 3.05) is 11.1 Å². The highest BCUT2D eigenvalue weighted by molar-refractivity contribution is 7.99. The van der Waals surface area contributed by atoms with Gasteiger partial charge in [0.25, 0.3) is 0 Å². The van der Waals surface area contributed by atoms with E-state index in [9.17, 15) is 10.1 Å². The van der Waals surface area contributed by atoms with E-state index in [0.29, 0.717) is 11.3 Å². The SMILES string of the molecule is CCSc1cccc(NC(C)C(=O)NC(C)(C)C)c1C#N. The number of rotatable bonds is 5. The van der Waals surface area contributed by atoms with Gasteiger partial charge >= 0.3 is 0 Å². The molecule has 0 aliphatic heterocycles. The molecular formula is C16H23N3OS. The van der Waals surface area contributed by atoms with Crippen LogP contribution in [0.25, 0.3) is 0 Å². The van der Waals surface area contributed by atoms with Crippen LogP contribution in [-0.2, 0) is 4.79 Å². The van der Waals surface area contributed by atoms with Crippen LogP contribution in [0.1, 0.15) is 40.2 Å². The van der Waals surface area contributed by atoms with E-state index in [1.807, 2.05) is 45.9 Å². The van der Waals surface area contributed by atoms with Crippen LogP contribution in [0.15, 0.2) is 23.1 Å². The van der Waals surface area contributed by atoms with E-state index in [1.165, 1.54) is 0 Å². The summed E-state index contributed by atoms with van der Waals surface area (Å²) in [4.78, 5) is 13.0. The molecule has 0 aliphatic carbocycles. The van der Waals surface area contributed by atoms with E-state index in [4.69, 9.17) is 0 Å². The van der Waals surface area contributed by atoms with E-state index in [2.05, 4.69) is 16.7 Å². The normalized spacial score (nSPS) is 12.4. The molecule has 0 saturated carbocycles. The molecule has 0 heterocycles. The Morgan fingerprint density at radius 2 is 2.10 bits per heavy atom. The van der Waals surface area contributed by atoms with Crippen molar-refractivity contribution >= 4 is 23.4 Å². The predicted octanol–water partition coefficient (Wildman–Crippen LogP) is 3.39. The lowest BCUT2D eigenvalue weighted by atomic mass is 10.1. The Morgan fingerprint density at radius 1 is 1.43 bits per heavy atom. The molecule has 0 aromatic heterocycles. The van der Waals surface area contributed by atoms with Crippen molar-refractivity contribution in [1.29, 1.82) is 5.26 Å². The highest BCUT2D eigenvalue weighted by Gasteiger charge is 2.20. The van der Waals surface area contributed by atoms with E-state index in [1.54, 1.807) is 18.7 Å². The van der Waals surface area contributed by atoms with Gasteiger partial charge in [0.05, 0.1) is 11.3 Å². The number of benzene rings is 1. The van der Waals surface area contributed by atoms with Gasteiger partial charge in [0.1, 0.15) is 12.1 Å². The average Bonchev–Trinajstić information content (AvgIpc) is 2.37. The molecule has 21 heavy (non-hydrogen) atoms. The number of thioether (sulfide) groups is 1. The van der Waals surface area contributed by atoms with Crippen LogP contribution in [0.5, 0.6) is 0 Å². The number of nitriles is 1. The molecule has 1 aromatic carbocycles. The van der Waals surface area contributed by atoms with Gasteiger partial charge in [0, 0.05) is 10.4 Å². The van der Waals surface area contributed by atoms with Crippen molar-refractivity contribution in [2.24, 2.45) is 0 Å². The quantitative estimate of drug-likeness (QED) is 0.818. The van der Waals surface area contributed by atoms with E-state index in [-0.39, 0.29) is 11.4 Å². The lowest BCUT2D eigenvalue weighted by Gasteiger charge is -2.24. The minimum Gasteiger partial charge on any atom is -0.373 e. The summed E-state index contributed by atoms with van der Waals surface area (Å²) in [7, 11) is 0. The van der Waals surface area contributed by atoms with Gasteiger partial charge in [-0.05, 0) is 45.6 Å². The van der Waals surface area contributed by atoms with Crippen molar-refractivity contribution in [2.45, 2.75) is 51.1 Å². The monoisotopic (exact) mass is 305 g/mol. The van der Waals surface area contributed by atoms with Gasteiger partial charge in [0.15, 0.2) is 0 Å². The molecule has 5 heteroatoms. The Morgan fingerprint density at radius 3 is 2.62 bits per heavy atom. The third-order valence-corrected chi connectivity index (χ3v) is 3.64. The number of hydrogen-bond donors (Lipinski definition) is 2. The van der Waals surface area contributed by atoms with Crippen LogP contribution in [0.2, 0.25) is 0 Å². The molecule has 2 N–H and O–H groups in total. The van der Waals surface area contributed by atoms with Crippen LogP contribution in [0, 0.1) is 11.3 Å². The maximum absolute atomic E-state index is 12.1. The Labute approximate surface area is 131 Å². The van der Waals surface area contributed by atoms with Gasteiger partial charge < -0.3 is 10.6 Å². The molecule has 1 aromatic rings. The highest BCUT2D eigenvalue weighted by Crippen LogP contribution is 2.28. The lowest BCUT2D eigenvalue weighted by molar-refractivity contribution is -0.122. The van der Waals surface area contributed by atoms with E-state index >= 15 is 0 Å². The minimum absolute atomic E-state index is 0.0834. The van der Waals surface area contributed by atoms with Crippen LogP contribution >= 0.6 is 11.8 Å². The van der Waals surface area contributed by atoms with Gasteiger partial charge in [-0.15, -0.1) is 11.8 Å². The molecule has 0 aliphatic rings. The number of anilines is 1. The number of nitrogens with one attached hydrogen (secondary N) is 2. The summed E-state index contributed by atoms with van der Waals surface area (Å²) < 4.78 is 0. The number of carbonyl (C=O) groups is 1. The Bertz CT molecular complexity index is 543. The molecule has 1 unspecified atom stereocenters. The standard InChI is InChI=1S/C16H23N3OS/c1-6-21-14-9-7-8-13(12(14)10-17)18-11(2)15(20)19-16(3,4)5/h7-9,11,18H,6H2,1-5H3,(H,19,20). The van der Waals surface area contributed by atoms with Gasteiger partial charge in [-0.2, -0.15) is 5.26 Å². The van der Waals surface area contributed by atoms with Crippen molar-refractivity contribution in [3.8, 4) is 6.07 Å². The summed E-state index contributed by atoms with van der Waals surface area (Å²) in [5.41, 5.74) is 1.03. The third kappa shape index (κ3) is 5.31. The topological polar surface area (TPSA) is 64.9 Å². The number of nitrogens with zero attached hydrogens (tertiary/aromatic N) is 1. The van der Waals surface area contributed by atoms with Crippen LogP contribution in [0.3, 0.4) is 0 Å². The second-order valence-electron chi connectivity index (χ2n) is 5.83. The fourth-order valence-corrected chi connectivity index (χ4v) is 2.60. The van der Waals surface area contributed by atoms with Crippen LogP contribution in [0.4, 0.5) is 5.69 Å². The van der Waals surface area contributed by atoms with Crippen molar-refractivity contribution in [1.82, 2.24) is 5.32 Å². The van der Waals surface area contributed by atoms with E-state index < -0.39 is 6.04 Å². The first-order valence-corrected chi connectivity index (χ1v) is 8.01. The highest BCUT2D eigenvalue weighted by atomic mass is 32.2. The zero-order valence-electron chi connectivity index (χ0n) is 13.3. The van der Waals surface area contributed by atoms with Crippen molar-refractivity contribution < 1.29 is 4.79 Å². The predicted molar refractivity (Wildman–Crippen MR) is 88.5 cm³/mol. The maximum Gasteiger partial charge on any atom is 0.242 e. The molecule has 1 rings (SSSR count). The first-order valence-electron chi connectivity index (χ1n) is 7.03. The molecule has 0 radical (unpaired) electrons. The number of amides is 1. The summed E-state index contributed by atoms with van der Waals surface area (Å²) >= 11 is 1.62. The molecule has 0 bridgehead atoms. The average molecular weight is 305 g/mol. The smallest absolute Gasteiger partial charge is 0.242 e. The molecule has 4 nitrogen and oxygen atoms in total. The Hall–Kier alpha value is -1.67. The molecule has 1 atom stereocenters. The first-order chi connectivity index (χ1) is 9.78. The van der Waals surface area contributed by atoms with Gasteiger partial charge in [-0.25, -0.2) is 0 Å². The molecule has 114 valence electrons. The van der Waals surface area contributed by atoms with Gasteiger partial charge in [0.2, 0.25) is 5.91 Å². The summed E-state index contributed by atoms with van der Waals surface area (Å²) in [6.07, 6.45) is 0. The second-order valence-corrected chi connectivity index (χ2v) is 7.13. The van der Waals surface area contributed by atoms with Gasteiger partial charge in [-0.3, -0.25) is 4.79 Å². The molecular weight excluding hydrogens is 282 g/mol. The lowest BCUT2D eigenvalue weighted by Crippen LogP contribution is -2.47. The number of carbonyl (C=O) groups excluding carboxylic acids is 1. The van der Waals surface area contributed by atoms with Crippen LogP contribution < -0.4 is 10.6 Å². The Balaban J connectivity index is 2.90. The Kier molecular flexibility index (Phi) is 6.10. The fraction of sp³-hybridized carbons (Fsp3) is 0.500. The fourth-order valence-electron chi connectivity index (χ4n) is 1.82. The summed E-state index contributed by atoms with van der Waals surface area (Å²) in [6.45, 7) is 9.66. The maximum atomic E-state index is 12.1. The second kappa shape index (κ2) is 7.37. The van der Waals surface area contributed by atoms with Crippen molar-refractivity contribution in [3.63, 3.8) is 0 Å². The zero-order chi connectivity index (χ0) is 16.0. The minimum atomic E-state index is -0.404. The molecule has 0 saturated heterocycles. The number of hydrogen-bond acceptors (Lipinski definition) is 4.